The molecule has 0 amide bonds. The summed E-state index contributed by atoms with van der Waals surface area (Å²) in [4.78, 5) is 23.5. The van der Waals surface area contributed by atoms with E-state index in [1.54, 1.807) is 12.1 Å². The number of hydrogen-bond acceptors (Lipinski definition) is 10. The molecule has 1 aliphatic rings. The number of benzene rings is 1. The summed E-state index contributed by atoms with van der Waals surface area (Å²) in [5, 5.41) is 42.1. The lowest BCUT2D eigenvalue weighted by Gasteiger charge is -2.19. The molecule has 12 nitrogen and oxygen atoms in total. The van der Waals surface area contributed by atoms with E-state index < -0.39 is 37.1 Å². The Morgan fingerprint density at radius 1 is 1.20 bits per heavy atom. The first kappa shape index (κ1) is 20.0. The van der Waals surface area contributed by atoms with Crippen LogP contribution in [0.25, 0.3) is 11.2 Å². The number of carboxylic acid groups (broad SMARTS) is 1. The van der Waals surface area contributed by atoms with Gasteiger partial charge in [-0.2, -0.15) is 0 Å². The summed E-state index contributed by atoms with van der Waals surface area (Å²) in [7, 11) is 0. The molecule has 1 aromatic carbocycles. The number of ether oxygens (including phenoxy) is 1. The number of fused-ring (bicyclic) bond motifs is 1. The standard InChI is InChI=1S/C18H20N6O6/c19-14-11-15(22-7-21-14)24(16-13(27)12(26)10(6-25)30-16)18(23-11)20-5-8-1-3-9(4-2-8)17(28)29/h1-4,7,10,12-13,16,25-27H,5-6H2,(H,20,23)(H,28,29)(H2,19,21,22)/t10-,12-,13-,16-/m1/s1. The number of imidazole rings is 1. The summed E-state index contributed by atoms with van der Waals surface area (Å²) < 4.78 is 7.08. The predicted octanol–water partition coefficient (Wildman–Crippen LogP) is -0.670. The minimum absolute atomic E-state index is 0.124. The van der Waals surface area contributed by atoms with Crippen molar-refractivity contribution in [3.63, 3.8) is 0 Å². The smallest absolute Gasteiger partial charge is 0.335 e. The van der Waals surface area contributed by atoms with Gasteiger partial charge in [0.05, 0.1) is 12.2 Å². The number of nitrogens with two attached hydrogens (primary N) is 1. The molecule has 0 aliphatic carbocycles. The SMILES string of the molecule is Nc1ncnc2c1nc(NCc1ccc(C(=O)O)cc1)n2[C@@H]1O[C@H](CO)[C@@H](O)[C@H]1O. The maximum atomic E-state index is 11.0. The molecule has 2 aromatic heterocycles. The lowest BCUT2D eigenvalue weighted by atomic mass is 10.1. The van der Waals surface area contributed by atoms with Gasteiger partial charge in [-0.15, -0.1) is 0 Å². The Bertz CT molecular complexity index is 1070. The first-order valence-electron chi connectivity index (χ1n) is 9.07. The molecule has 1 fully saturated rings. The summed E-state index contributed by atoms with van der Waals surface area (Å²) in [5.41, 5.74) is 7.40. The first-order chi connectivity index (χ1) is 14.4. The average molecular weight is 416 g/mol. The first-order valence-corrected chi connectivity index (χ1v) is 9.07. The van der Waals surface area contributed by atoms with Gasteiger partial charge in [0.2, 0.25) is 5.95 Å². The molecule has 1 saturated heterocycles. The van der Waals surface area contributed by atoms with Gasteiger partial charge in [0.15, 0.2) is 23.2 Å². The molecular formula is C18H20N6O6. The minimum Gasteiger partial charge on any atom is -0.478 e. The van der Waals surface area contributed by atoms with Gasteiger partial charge in [0, 0.05) is 6.54 Å². The Kier molecular flexibility index (Phi) is 5.22. The lowest BCUT2D eigenvalue weighted by Crippen LogP contribution is -2.33. The van der Waals surface area contributed by atoms with Gasteiger partial charge in [-0.3, -0.25) is 4.57 Å². The Labute approximate surface area is 169 Å². The number of anilines is 2. The van der Waals surface area contributed by atoms with E-state index in [1.165, 1.54) is 23.0 Å². The van der Waals surface area contributed by atoms with Crippen molar-refractivity contribution >= 4 is 28.9 Å². The van der Waals surface area contributed by atoms with Crippen LogP contribution >= 0.6 is 0 Å². The Balaban J connectivity index is 1.68. The van der Waals surface area contributed by atoms with Crippen LogP contribution in [0.5, 0.6) is 0 Å². The average Bonchev–Trinajstić information content (AvgIpc) is 3.25. The maximum Gasteiger partial charge on any atom is 0.335 e. The molecule has 30 heavy (non-hydrogen) atoms. The number of nitrogens with one attached hydrogen (secondary N) is 1. The van der Waals surface area contributed by atoms with E-state index in [-0.39, 0.29) is 35.0 Å². The molecule has 1 aliphatic heterocycles. The van der Waals surface area contributed by atoms with Crippen molar-refractivity contribution in [1.82, 2.24) is 19.5 Å². The summed E-state index contributed by atoms with van der Waals surface area (Å²) >= 11 is 0. The normalized spacial score (nSPS) is 23.7. The topological polar surface area (TPSA) is 189 Å². The molecule has 0 spiro atoms. The van der Waals surface area contributed by atoms with Crippen molar-refractivity contribution in [3.8, 4) is 0 Å². The summed E-state index contributed by atoms with van der Waals surface area (Å²) in [6.45, 7) is -0.206. The van der Waals surface area contributed by atoms with E-state index in [0.717, 1.165) is 5.56 Å². The second-order valence-electron chi connectivity index (χ2n) is 6.82. The summed E-state index contributed by atoms with van der Waals surface area (Å²) in [5.74, 6) is -0.650. The van der Waals surface area contributed by atoms with Crippen molar-refractivity contribution in [3.05, 3.63) is 41.7 Å². The second kappa shape index (κ2) is 7.84. The largest absolute Gasteiger partial charge is 0.478 e. The molecule has 0 saturated carbocycles. The molecule has 3 aromatic rings. The van der Waals surface area contributed by atoms with Gasteiger partial charge in [-0.05, 0) is 17.7 Å². The molecule has 0 unspecified atom stereocenters. The predicted molar refractivity (Wildman–Crippen MR) is 103 cm³/mol. The molecule has 7 N–H and O–H groups in total. The highest BCUT2D eigenvalue weighted by Crippen LogP contribution is 2.35. The molecule has 4 atom stereocenters. The zero-order valence-electron chi connectivity index (χ0n) is 15.6. The lowest BCUT2D eigenvalue weighted by molar-refractivity contribution is -0.0501. The summed E-state index contributed by atoms with van der Waals surface area (Å²) in [6, 6.07) is 6.28. The number of rotatable bonds is 6. The van der Waals surface area contributed by atoms with Crippen molar-refractivity contribution in [2.24, 2.45) is 0 Å². The molecule has 3 heterocycles. The molecule has 158 valence electrons. The van der Waals surface area contributed by atoms with E-state index in [0.29, 0.717) is 0 Å². The molecular weight excluding hydrogens is 396 g/mol. The van der Waals surface area contributed by atoms with Crippen molar-refractivity contribution < 1.29 is 30.0 Å². The van der Waals surface area contributed by atoms with Gasteiger partial charge in [0.25, 0.3) is 0 Å². The van der Waals surface area contributed by atoms with E-state index in [9.17, 15) is 20.1 Å². The van der Waals surface area contributed by atoms with Crippen LogP contribution in [0.2, 0.25) is 0 Å². The molecule has 4 rings (SSSR count). The highest BCUT2D eigenvalue weighted by molar-refractivity contribution is 5.87. The molecule has 0 bridgehead atoms. The van der Waals surface area contributed by atoms with Gasteiger partial charge >= 0.3 is 5.97 Å². The third kappa shape index (κ3) is 3.41. The monoisotopic (exact) mass is 416 g/mol. The Morgan fingerprint density at radius 2 is 1.93 bits per heavy atom. The van der Waals surface area contributed by atoms with E-state index in [2.05, 4.69) is 20.3 Å². The van der Waals surface area contributed by atoms with E-state index in [4.69, 9.17) is 15.6 Å². The number of aliphatic hydroxyl groups is 3. The quantitative estimate of drug-likeness (QED) is 0.299. The van der Waals surface area contributed by atoms with Crippen LogP contribution in [-0.4, -0.2) is 70.8 Å². The molecule has 0 radical (unpaired) electrons. The van der Waals surface area contributed by atoms with Crippen molar-refractivity contribution in [1.29, 1.82) is 0 Å². The zero-order chi connectivity index (χ0) is 21.4. The van der Waals surface area contributed by atoms with Crippen molar-refractivity contribution in [2.45, 2.75) is 31.1 Å². The van der Waals surface area contributed by atoms with Gasteiger partial charge in [-0.25, -0.2) is 19.7 Å². The third-order valence-electron chi connectivity index (χ3n) is 4.93. The molecule has 12 heteroatoms. The van der Waals surface area contributed by atoms with Crippen LogP contribution < -0.4 is 11.1 Å². The third-order valence-corrected chi connectivity index (χ3v) is 4.93. The summed E-state index contributed by atoms with van der Waals surface area (Å²) in [6.07, 6.45) is -3.45. The fraction of sp³-hybridized carbons (Fsp3) is 0.333. The number of nitrogen functional groups attached to an aromatic ring is 1. The zero-order valence-corrected chi connectivity index (χ0v) is 15.6. The fourth-order valence-corrected chi connectivity index (χ4v) is 3.33. The number of aromatic nitrogens is 4. The van der Waals surface area contributed by atoms with Gasteiger partial charge in [-0.1, -0.05) is 12.1 Å². The number of aromatic carboxylic acids is 1. The van der Waals surface area contributed by atoms with Gasteiger partial charge < -0.3 is 36.2 Å². The Hall–Kier alpha value is -3.32. The van der Waals surface area contributed by atoms with Crippen molar-refractivity contribution in [2.75, 3.05) is 17.7 Å². The van der Waals surface area contributed by atoms with Crippen LogP contribution in [0.3, 0.4) is 0 Å². The van der Waals surface area contributed by atoms with Crippen LogP contribution in [0.15, 0.2) is 30.6 Å². The number of carbonyl (C=O) groups is 1. The van der Waals surface area contributed by atoms with E-state index >= 15 is 0 Å². The maximum absolute atomic E-state index is 11.0. The number of nitrogens with zero attached hydrogens (tertiary/aromatic N) is 4. The number of hydrogen-bond donors (Lipinski definition) is 6. The number of carboxylic acids is 1. The van der Waals surface area contributed by atoms with Crippen LogP contribution in [-0.2, 0) is 11.3 Å². The van der Waals surface area contributed by atoms with Gasteiger partial charge in [0.1, 0.15) is 24.6 Å². The highest BCUT2D eigenvalue weighted by atomic mass is 16.6. The van der Waals surface area contributed by atoms with Crippen LogP contribution in [0, 0.1) is 0 Å². The van der Waals surface area contributed by atoms with Crippen LogP contribution in [0.1, 0.15) is 22.1 Å². The highest BCUT2D eigenvalue weighted by Gasteiger charge is 2.45. The minimum atomic E-state index is -1.34. The fourth-order valence-electron chi connectivity index (χ4n) is 3.33. The second-order valence-corrected chi connectivity index (χ2v) is 6.82. The van der Waals surface area contributed by atoms with E-state index in [1.807, 2.05) is 0 Å². The number of aliphatic hydroxyl groups excluding tert-OH is 3. The van der Waals surface area contributed by atoms with Crippen LogP contribution in [0.4, 0.5) is 11.8 Å². The Morgan fingerprint density at radius 3 is 2.57 bits per heavy atom.